The summed E-state index contributed by atoms with van der Waals surface area (Å²) in [7, 11) is 2.07. The van der Waals surface area contributed by atoms with Crippen molar-refractivity contribution >= 4 is 40.8 Å². The highest BCUT2D eigenvalue weighted by Gasteiger charge is 2.24. The zero-order valence-corrected chi connectivity index (χ0v) is 24.7. The third-order valence-corrected chi connectivity index (χ3v) is 8.75. The molecule has 2 fully saturated rings. The molecule has 2 aromatic carbocycles. The summed E-state index contributed by atoms with van der Waals surface area (Å²) in [6.07, 6.45) is 0. The molecule has 0 spiro atoms. The lowest BCUT2D eigenvalue weighted by molar-refractivity contribution is 0.0631. The highest BCUT2D eigenvalue weighted by atomic mass is 35.5. The van der Waals surface area contributed by atoms with Crippen LogP contribution in [0.4, 0.5) is 11.5 Å². The Morgan fingerprint density at radius 1 is 0.854 bits per heavy atom. The number of amides is 1. The number of thioether (sulfide) groups is 1. The lowest BCUT2D eigenvalue weighted by atomic mass is 10.1. The van der Waals surface area contributed by atoms with Gasteiger partial charge in [-0.25, -0.2) is 9.97 Å². The number of aromatic nitrogens is 2. The minimum Gasteiger partial charge on any atom is -0.455 e. The van der Waals surface area contributed by atoms with Crippen molar-refractivity contribution in [1.29, 1.82) is 0 Å². The second-order valence-corrected chi connectivity index (χ2v) is 11.7. The molecular formula is C31H33ClN6O2S. The van der Waals surface area contributed by atoms with Gasteiger partial charge in [-0.2, -0.15) is 0 Å². The molecule has 4 aromatic rings. The third-order valence-electron chi connectivity index (χ3n) is 7.56. The van der Waals surface area contributed by atoms with Crippen molar-refractivity contribution in [2.24, 2.45) is 0 Å². The van der Waals surface area contributed by atoms with Crippen molar-refractivity contribution < 1.29 is 9.21 Å². The number of piperazine rings is 2. The Morgan fingerprint density at radius 2 is 1.56 bits per heavy atom. The van der Waals surface area contributed by atoms with Gasteiger partial charge in [-0.15, -0.1) is 0 Å². The SMILES string of the molecule is CN1CCN(C(=O)c2ccc(CSc3nc(-c4ccccc4)cc(N4CCN(c5ccccc5Cl)CC4)n3)o2)CC1. The van der Waals surface area contributed by atoms with E-state index in [-0.39, 0.29) is 5.91 Å². The first kappa shape index (κ1) is 27.6. The number of nitrogens with zero attached hydrogens (tertiary/aromatic N) is 6. The van der Waals surface area contributed by atoms with Crippen LogP contribution >= 0.6 is 23.4 Å². The molecule has 0 unspecified atom stereocenters. The fourth-order valence-electron chi connectivity index (χ4n) is 5.15. The minimum atomic E-state index is -0.0464. The Balaban J connectivity index is 1.16. The molecule has 6 rings (SSSR count). The zero-order chi connectivity index (χ0) is 28.2. The highest BCUT2D eigenvalue weighted by Crippen LogP contribution is 2.30. The van der Waals surface area contributed by atoms with E-state index in [9.17, 15) is 4.79 Å². The molecule has 0 bridgehead atoms. The van der Waals surface area contributed by atoms with Crippen molar-refractivity contribution in [3.05, 3.63) is 89.3 Å². The Morgan fingerprint density at radius 3 is 2.32 bits per heavy atom. The minimum absolute atomic E-state index is 0.0464. The molecule has 1 amide bonds. The highest BCUT2D eigenvalue weighted by molar-refractivity contribution is 7.98. The number of benzene rings is 2. The first-order valence-corrected chi connectivity index (χ1v) is 15.3. The molecule has 4 heterocycles. The summed E-state index contributed by atoms with van der Waals surface area (Å²) in [5.41, 5.74) is 3.00. The number of hydrogen-bond acceptors (Lipinski definition) is 8. The van der Waals surface area contributed by atoms with Gasteiger partial charge in [0, 0.05) is 64.0 Å². The Hall–Kier alpha value is -3.53. The Bertz CT molecular complexity index is 1480. The lowest BCUT2D eigenvalue weighted by Gasteiger charge is -2.37. The van der Waals surface area contributed by atoms with Gasteiger partial charge in [-0.1, -0.05) is 65.8 Å². The van der Waals surface area contributed by atoms with Crippen LogP contribution in [0.15, 0.2) is 82.4 Å². The smallest absolute Gasteiger partial charge is 0.289 e. The summed E-state index contributed by atoms with van der Waals surface area (Å²) in [4.78, 5) is 31.5. The van der Waals surface area contributed by atoms with Gasteiger partial charge in [0.05, 0.1) is 22.2 Å². The molecule has 8 nitrogen and oxygen atoms in total. The number of likely N-dealkylation sites (N-methyl/N-ethyl adjacent to an activating group) is 1. The van der Waals surface area contributed by atoms with E-state index in [1.165, 1.54) is 11.8 Å². The summed E-state index contributed by atoms with van der Waals surface area (Å²) >= 11 is 7.98. The van der Waals surface area contributed by atoms with E-state index in [2.05, 4.69) is 46.0 Å². The first-order chi connectivity index (χ1) is 20.0. The van der Waals surface area contributed by atoms with Gasteiger partial charge in [0.25, 0.3) is 5.91 Å². The maximum absolute atomic E-state index is 12.9. The lowest BCUT2D eigenvalue weighted by Crippen LogP contribution is -2.47. The molecule has 0 saturated carbocycles. The van der Waals surface area contributed by atoms with Crippen LogP contribution in [-0.2, 0) is 5.75 Å². The van der Waals surface area contributed by atoms with Crippen molar-refractivity contribution in [3.63, 3.8) is 0 Å². The molecule has 10 heteroatoms. The van der Waals surface area contributed by atoms with E-state index in [1.807, 2.05) is 47.4 Å². The first-order valence-electron chi connectivity index (χ1n) is 13.9. The maximum Gasteiger partial charge on any atom is 0.289 e. The molecule has 2 aliphatic heterocycles. The van der Waals surface area contributed by atoms with Crippen LogP contribution in [0.25, 0.3) is 11.3 Å². The van der Waals surface area contributed by atoms with E-state index in [0.29, 0.717) is 16.7 Å². The predicted molar refractivity (Wildman–Crippen MR) is 165 cm³/mol. The van der Waals surface area contributed by atoms with E-state index in [4.69, 9.17) is 26.0 Å². The number of carbonyl (C=O) groups is 1. The number of hydrogen-bond donors (Lipinski definition) is 0. The van der Waals surface area contributed by atoms with Crippen molar-refractivity contribution in [2.75, 3.05) is 69.2 Å². The molecule has 2 saturated heterocycles. The number of anilines is 2. The van der Waals surface area contributed by atoms with Crippen LogP contribution in [0, 0.1) is 0 Å². The number of para-hydroxylation sites is 1. The molecule has 2 aliphatic rings. The molecular weight excluding hydrogens is 556 g/mol. The van der Waals surface area contributed by atoms with Gasteiger partial charge in [-0.3, -0.25) is 4.79 Å². The molecule has 0 N–H and O–H groups in total. The third kappa shape index (κ3) is 6.53. The van der Waals surface area contributed by atoms with Crippen LogP contribution in [0.1, 0.15) is 16.3 Å². The van der Waals surface area contributed by atoms with Crippen molar-refractivity contribution in [1.82, 2.24) is 19.8 Å². The van der Waals surface area contributed by atoms with Gasteiger partial charge >= 0.3 is 0 Å². The molecule has 41 heavy (non-hydrogen) atoms. The molecule has 0 aliphatic carbocycles. The van der Waals surface area contributed by atoms with Crippen LogP contribution in [0.3, 0.4) is 0 Å². The Kier molecular flexibility index (Phi) is 8.46. The monoisotopic (exact) mass is 588 g/mol. The summed E-state index contributed by atoms with van der Waals surface area (Å²) in [5, 5.41) is 1.46. The number of furan rings is 1. The summed E-state index contributed by atoms with van der Waals surface area (Å²) in [6.45, 7) is 6.56. The van der Waals surface area contributed by atoms with Gasteiger partial charge < -0.3 is 24.0 Å². The molecule has 0 radical (unpaired) electrons. The van der Waals surface area contributed by atoms with Crippen LogP contribution in [-0.4, -0.2) is 85.1 Å². The number of rotatable bonds is 7. The largest absolute Gasteiger partial charge is 0.455 e. The number of carbonyl (C=O) groups excluding carboxylic acids is 1. The molecule has 2 aromatic heterocycles. The van der Waals surface area contributed by atoms with E-state index in [1.54, 1.807) is 6.07 Å². The summed E-state index contributed by atoms with van der Waals surface area (Å²) in [5.74, 6) is 2.52. The molecule has 212 valence electrons. The van der Waals surface area contributed by atoms with Crippen molar-refractivity contribution in [3.8, 4) is 11.3 Å². The molecule has 0 atom stereocenters. The van der Waals surface area contributed by atoms with Crippen LogP contribution in [0.2, 0.25) is 5.02 Å². The standard InChI is InChI=1S/C31H33ClN6O2S/c1-35-13-15-38(16-14-35)30(39)28-12-11-24(40-28)22-41-31-33-26(23-7-3-2-4-8-23)21-29(34-31)37-19-17-36(18-20-37)27-10-6-5-9-25(27)32/h2-12,21H,13-20,22H2,1H3. The quantitative estimate of drug-likeness (QED) is 0.210. The second-order valence-electron chi connectivity index (χ2n) is 10.3. The van der Waals surface area contributed by atoms with Crippen molar-refractivity contribution in [2.45, 2.75) is 10.9 Å². The fraction of sp³-hybridized carbons (Fsp3) is 0.323. The normalized spacial score (nSPS) is 16.3. The average molecular weight is 589 g/mol. The van der Waals surface area contributed by atoms with Crippen LogP contribution < -0.4 is 9.80 Å². The zero-order valence-electron chi connectivity index (χ0n) is 23.1. The summed E-state index contributed by atoms with van der Waals surface area (Å²) < 4.78 is 5.96. The van der Waals surface area contributed by atoms with Gasteiger partial charge in [-0.05, 0) is 31.3 Å². The van der Waals surface area contributed by atoms with Gasteiger partial charge in [0.2, 0.25) is 0 Å². The maximum atomic E-state index is 12.9. The number of halogens is 1. The van der Waals surface area contributed by atoms with E-state index in [0.717, 1.165) is 85.9 Å². The second kappa shape index (κ2) is 12.5. The van der Waals surface area contributed by atoms with E-state index < -0.39 is 0 Å². The van der Waals surface area contributed by atoms with Gasteiger partial charge in [0.1, 0.15) is 11.6 Å². The van der Waals surface area contributed by atoms with Crippen LogP contribution in [0.5, 0.6) is 0 Å². The fourth-order valence-corrected chi connectivity index (χ4v) is 6.16. The Labute approximate surface area is 249 Å². The summed E-state index contributed by atoms with van der Waals surface area (Å²) in [6, 6.07) is 23.9. The predicted octanol–water partition coefficient (Wildman–Crippen LogP) is 5.40. The van der Waals surface area contributed by atoms with E-state index >= 15 is 0 Å². The topological polar surface area (TPSA) is 69.0 Å². The average Bonchev–Trinajstić information content (AvgIpc) is 3.50. The van der Waals surface area contributed by atoms with Gasteiger partial charge in [0.15, 0.2) is 10.9 Å².